The van der Waals surface area contributed by atoms with Gasteiger partial charge in [0, 0.05) is 25.0 Å². The van der Waals surface area contributed by atoms with Gasteiger partial charge in [-0.2, -0.15) is 0 Å². The van der Waals surface area contributed by atoms with Crippen molar-refractivity contribution in [1.29, 1.82) is 0 Å². The molecule has 0 saturated heterocycles. The van der Waals surface area contributed by atoms with E-state index in [4.69, 9.17) is 0 Å². The second-order valence-electron chi connectivity index (χ2n) is 10.0. The molecule has 8 heteroatoms. The van der Waals surface area contributed by atoms with Crippen LogP contribution >= 0.6 is 0 Å². The summed E-state index contributed by atoms with van der Waals surface area (Å²) in [7, 11) is -3.50. The van der Waals surface area contributed by atoms with Crippen molar-refractivity contribution >= 4 is 27.5 Å². The summed E-state index contributed by atoms with van der Waals surface area (Å²) < 4.78 is 26.2. The molecule has 2 amide bonds. The molecule has 2 aromatic carbocycles. The lowest BCUT2D eigenvalue weighted by Gasteiger charge is -2.32. The predicted molar refractivity (Wildman–Crippen MR) is 142 cm³/mol. The first-order valence-electron chi connectivity index (χ1n) is 12.0. The summed E-state index contributed by atoms with van der Waals surface area (Å²) in [5, 5.41) is 2.95. The van der Waals surface area contributed by atoms with Gasteiger partial charge in [0.1, 0.15) is 6.04 Å². The maximum Gasteiger partial charge on any atom is 0.242 e. The van der Waals surface area contributed by atoms with Crippen LogP contribution in [0.4, 0.5) is 5.69 Å². The number of rotatable bonds is 11. The maximum absolute atomic E-state index is 13.3. The molecular formula is C27H39N3O4S. The second-order valence-corrected chi connectivity index (χ2v) is 11.9. The highest BCUT2D eigenvalue weighted by Crippen LogP contribution is 2.20. The standard InChI is InChI=1S/C27H39N3O4S/c1-21-12-10-15-24(20-21)30(35(6,33)34)18-11-16-25(31)29(19-17-23-13-8-7-9-14-23)22(2)26(32)28-27(3,4)5/h7-10,12-15,20,22H,11,16-19H2,1-6H3,(H,28,32)/t22-/m0/s1. The van der Waals surface area contributed by atoms with E-state index in [1.807, 2.05) is 76.2 Å². The van der Waals surface area contributed by atoms with Gasteiger partial charge in [0.2, 0.25) is 21.8 Å². The normalized spacial score (nSPS) is 12.6. The van der Waals surface area contributed by atoms with Crippen molar-refractivity contribution in [2.45, 2.75) is 65.5 Å². The van der Waals surface area contributed by atoms with Gasteiger partial charge in [0.05, 0.1) is 11.9 Å². The van der Waals surface area contributed by atoms with Crippen LogP contribution in [0.5, 0.6) is 0 Å². The molecule has 2 rings (SSSR count). The van der Waals surface area contributed by atoms with Crippen LogP contribution in [0, 0.1) is 6.92 Å². The molecule has 0 heterocycles. The number of sulfonamides is 1. The number of amides is 2. The Balaban J connectivity index is 2.13. The zero-order valence-corrected chi connectivity index (χ0v) is 22.6. The zero-order chi connectivity index (χ0) is 26.2. The van der Waals surface area contributed by atoms with Crippen molar-refractivity contribution in [3.8, 4) is 0 Å². The summed E-state index contributed by atoms with van der Waals surface area (Å²) >= 11 is 0. The minimum atomic E-state index is -3.50. The summed E-state index contributed by atoms with van der Waals surface area (Å²) in [4.78, 5) is 27.7. The number of carbonyl (C=O) groups is 2. The molecule has 0 bridgehead atoms. The highest BCUT2D eigenvalue weighted by atomic mass is 32.2. The smallest absolute Gasteiger partial charge is 0.242 e. The molecule has 1 N–H and O–H groups in total. The Morgan fingerprint density at radius 1 is 1.00 bits per heavy atom. The van der Waals surface area contributed by atoms with Crippen LogP contribution in [-0.4, -0.2) is 56.1 Å². The molecule has 0 unspecified atom stereocenters. The van der Waals surface area contributed by atoms with Crippen LogP contribution in [0.3, 0.4) is 0 Å². The Morgan fingerprint density at radius 3 is 2.23 bits per heavy atom. The van der Waals surface area contributed by atoms with Gasteiger partial charge in [-0.1, -0.05) is 42.5 Å². The summed E-state index contributed by atoms with van der Waals surface area (Å²) in [6, 6.07) is 16.5. The molecule has 0 aliphatic carbocycles. The minimum Gasteiger partial charge on any atom is -0.350 e. The third-order valence-corrected chi connectivity index (χ3v) is 6.79. The number of carbonyl (C=O) groups excluding carboxylic acids is 2. The SMILES string of the molecule is Cc1cccc(N(CCCC(=O)N(CCc2ccccc2)[C@@H](C)C(=O)NC(C)(C)C)S(C)(=O)=O)c1. The Labute approximate surface area is 210 Å². The van der Waals surface area contributed by atoms with E-state index in [0.717, 1.165) is 11.1 Å². The van der Waals surface area contributed by atoms with Crippen LogP contribution in [-0.2, 0) is 26.0 Å². The lowest BCUT2D eigenvalue weighted by Crippen LogP contribution is -2.53. The number of nitrogens with one attached hydrogen (secondary N) is 1. The Kier molecular flexibility index (Phi) is 9.89. The Bertz CT molecular complexity index is 1090. The molecule has 2 aromatic rings. The van der Waals surface area contributed by atoms with E-state index in [9.17, 15) is 18.0 Å². The molecule has 0 aliphatic rings. The molecule has 0 aromatic heterocycles. The summed E-state index contributed by atoms with van der Waals surface area (Å²) in [6.45, 7) is 9.93. The fourth-order valence-electron chi connectivity index (χ4n) is 3.83. The highest BCUT2D eigenvalue weighted by molar-refractivity contribution is 7.92. The van der Waals surface area contributed by atoms with Crippen LogP contribution < -0.4 is 9.62 Å². The van der Waals surface area contributed by atoms with Gasteiger partial charge < -0.3 is 10.2 Å². The molecule has 0 saturated carbocycles. The van der Waals surface area contributed by atoms with E-state index in [2.05, 4.69) is 5.32 Å². The number of hydrogen-bond acceptors (Lipinski definition) is 4. The van der Waals surface area contributed by atoms with Gasteiger partial charge in [0.15, 0.2) is 0 Å². The first-order valence-corrected chi connectivity index (χ1v) is 13.8. The van der Waals surface area contributed by atoms with Crippen molar-refractivity contribution in [3.63, 3.8) is 0 Å². The first-order chi connectivity index (χ1) is 16.3. The predicted octanol–water partition coefficient (Wildman–Crippen LogP) is 3.92. The number of aryl methyl sites for hydroxylation is 1. The topological polar surface area (TPSA) is 86.8 Å². The largest absolute Gasteiger partial charge is 0.350 e. The summed E-state index contributed by atoms with van der Waals surface area (Å²) in [5.41, 5.74) is 2.21. The number of benzene rings is 2. The van der Waals surface area contributed by atoms with E-state index in [-0.39, 0.29) is 24.8 Å². The van der Waals surface area contributed by atoms with Gasteiger partial charge in [-0.3, -0.25) is 13.9 Å². The first kappa shape index (κ1) is 28.4. The van der Waals surface area contributed by atoms with Gasteiger partial charge >= 0.3 is 0 Å². The van der Waals surface area contributed by atoms with E-state index < -0.39 is 21.6 Å². The van der Waals surface area contributed by atoms with Crippen molar-refractivity contribution in [1.82, 2.24) is 10.2 Å². The lowest BCUT2D eigenvalue weighted by atomic mass is 10.1. The monoisotopic (exact) mass is 501 g/mol. The van der Waals surface area contributed by atoms with Crippen LogP contribution in [0.25, 0.3) is 0 Å². The zero-order valence-electron chi connectivity index (χ0n) is 21.7. The average molecular weight is 502 g/mol. The molecule has 7 nitrogen and oxygen atoms in total. The average Bonchev–Trinajstić information content (AvgIpc) is 2.75. The molecule has 0 radical (unpaired) electrons. The van der Waals surface area contributed by atoms with Gasteiger partial charge in [-0.05, 0) is 70.7 Å². The van der Waals surface area contributed by atoms with E-state index >= 15 is 0 Å². The van der Waals surface area contributed by atoms with Crippen LogP contribution in [0.15, 0.2) is 54.6 Å². The van der Waals surface area contributed by atoms with Crippen molar-refractivity contribution in [3.05, 3.63) is 65.7 Å². The summed E-state index contributed by atoms with van der Waals surface area (Å²) in [5.74, 6) is -0.383. The molecule has 1 atom stereocenters. The Morgan fingerprint density at radius 2 is 1.66 bits per heavy atom. The van der Waals surface area contributed by atoms with Gasteiger partial charge in [-0.25, -0.2) is 8.42 Å². The second kappa shape index (κ2) is 12.2. The fraction of sp³-hybridized carbons (Fsp3) is 0.481. The molecule has 192 valence electrons. The number of hydrogen-bond donors (Lipinski definition) is 1. The van der Waals surface area contributed by atoms with E-state index in [0.29, 0.717) is 25.1 Å². The summed E-state index contributed by atoms with van der Waals surface area (Å²) in [6.07, 6.45) is 2.27. The maximum atomic E-state index is 13.3. The van der Waals surface area contributed by atoms with Crippen molar-refractivity contribution in [2.24, 2.45) is 0 Å². The molecule has 0 spiro atoms. The lowest BCUT2D eigenvalue weighted by molar-refractivity contribution is -0.140. The molecule has 0 aliphatic heterocycles. The fourth-order valence-corrected chi connectivity index (χ4v) is 4.79. The highest BCUT2D eigenvalue weighted by Gasteiger charge is 2.28. The Hall–Kier alpha value is -2.87. The van der Waals surface area contributed by atoms with Crippen LogP contribution in [0.1, 0.15) is 51.7 Å². The minimum absolute atomic E-state index is 0.139. The third kappa shape index (κ3) is 9.36. The number of nitrogens with zero attached hydrogens (tertiary/aromatic N) is 2. The van der Waals surface area contributed by atoms with Gasteiger partial charge in [-0.15, -0.1) is 0 Å². The van der Waals surface area contributed by atoms with Crippen molar-refractivity contribution < 1.29 is 18.0 Å². The van der Waals surface area contributed by atoms with E-state index in [1.54, 1.807) is 17.9 Å². The number of anilines is 1. The quantitative estimate of drug-likeness (QED) is 0.506. The van der Waals surface area contributed by atoms with Gasteiger partial charge in [0.25, 0.3) is 0 Å². The molecule has 35 heavy (non-hydrogen) atoms. The van der Waals surface area contributed by atoms with Crippen LogP contribution in [0.2, 0.25) is 0 Å². The third-order valence-electron chi connectivity index (χ3n) is 5.59. The molecular weight excluding hydrogens is 462 g/mol. The molecule has 0 fully saturated rings. The van der Waals surface area contributed by atoms with Crippen molar-refractivity contribution in [2.75, 3.05) is 23.7 Å². The van der Waals surface area contributed by atoms with E-state index in [1.165, 1.54) is 10.6 Å².